The number of hydrogen-bond donors (Lipinski definition) is 1. The first-order valence-corrected chi connectivity index (χ1v) is 13.1. The second-order valence-corrected chi connectivity index (χ2v) is 10.4. The highest BCUT2D eigenvalue weighted by Gasteiger charge is 2.28. The molecule has 170 valence electrons. The average molecular weight is 493 g/mol. The number of amides is 1. The van der Waals surface area contributed by atoms with Crippen LogP contribution in [0.4, 0.5) is 5.69 Å². The summed E-state index contributed by atoms with van der Waals surface area (Å²) in [4.78, 5) is 12.8. The highest BCUT2D eigenvalue weighted by Crippen LogP contribution is 2.30. The highest BCUT2D eigenvalue weighted by molar-refractivity contribution is 7.98. The van der Waals surface area contributed by atoms with Gasteiger partial charge in [-0.2, -0.15) is 11.8 Å². The predicted octanol–water partition coefficient (Wildman–Crippen LogP) is 4.88. The van der Waals surface area contributed by atoms with E-state index in [9.17, 15) is 13.2 Å². The van der Waals surface area contributed by atoms with E-state index in [4.69, 9.17) is 16.0 Å². The van der Waals surface area contributed by atoms with Crippen LogP contribution in [0.3, 0.4) is 0 Å². The molecule has 0 bridgehead atoms. The maximum absolute atomic E-state index is 13.4. The molecule has 0 aliphatic rings. The van der Waals surface area contributed by atoms with E-state index in [1.807, 2.05) is 12.1 Å². The molecule has 0 saturated carbocycles. The number of hydrogen-bond acceptors (Lipinski definition) is 5. The van der Waals surface area contributed by atoms with Gasteiger partial charge in [-0.15, -0.1) is 0 Å². The van der Waals surface area contributed by atoms with Crippen molar-refractivity contribution in [2.24, 2.45) is 0 Å². The lowest BCUT2D eigenvalue weighted by molar-refractivity contribution is -0.119. The summed E-state index contributed by atoms with van der Waals surface area (Å²) in [7, 11) is -3.95. The van der Waals surface area contributed by atoms with Gasteiger partial charge >= 0.3 is 0 Å². The van der Waals surface area contributed by atoms with Crippen molar-refractivity contribution in [1.82, 2.24) is 5.32 Å². The molecular formula is C23H25ClN2O4S2. The monoisotopic (exact) mass is 492 g/mol. The minimum atomic E-state index is -3.95. The maximum atomic E-state index is 13.4. The zero-order valence-corrected chi connectivity index (χ0v) is 20.0. The summed E-state index contributed by atoms with van der Waals surface area (Å²) >= 11 is 7.94. The molecule has 6 nitrogen and oxygen atoms in total. The first kappa shape index (κ1) is 24.2. The average Bonchev–Trinajstić information content (AvgIpc) is 3.31. The summed E-state index contributed by atoms with van der Waals surface area (Å²) in [6, 6.07) is 16.9. The van der Waals surface area contributed by atoms with Crippen molar-refractivity contribution in [1.29, 1.82) is 0 Å². The number of anilines is 1. The Morgan fingerprint density at radius 1 is 1.09 bits per heavy atom. The van der Waals surface area contributed by atoms with Gasteiger partial charge in [0.05, 0.1) is 22.6 Å². The van der Waals surface area contributed by atoms with Crippen LogP contribution in [0.25, 0.3) is 0 Å². The number of rotatable bonds is 11. The van der Waals surface area contributed by atoms with Gasteiger partial charge < -0.3 is 9.73 Å². The molecule has 3 aromatic rings. The van der Waals surface area contributed by atoms with Gasteiger partial charge in [0.15, 0.2) is 0 Å². The Morgan fingerprint density at radius 3 is 2.59 bits per heavy atom. The SMILES string of the molecule is Cc1c(Cl)cccc1N(CC(=O)NCCCSCc1ccco1)S(=O)(=O)c1ccccc1. The number of thioether (sulfide) groups is 1. The molecule has 0 fully saturated rings. The highest BCUT2D eigenvalue weighted by atomic mass is 35.5. The van der Waals surface area contributed by atoms with Crippen LogP contribution in [0.15, 0.2) is 76.2 Å². The van der Waals surface area contributed by atoms with Gasteiger partial charge in [-0.05, 0) is 61.1 Å². The summed E-state index contributed by atoms with van der Waals surface area (Å²) in [5, 5.41) is 3.25. The zero-order valence-electron chi connectivity index (χ0n) is 17.7. The molecule has 0 saturated heterocycles. The van der Waals surface area contributed by atoms with Crippen molar-refractivity contribution in [3.8, 4) is 0 Å². The molecular weight excluding hydrogens is 468 g/mol. The number of nitrogens with one attached hydrogen (secondary N) is 1. The molecule has 9 heteroatoms. The largest absolute Gasteiger partial charge is 0.468 e. The number of sulfonamides is 1. The number of furan rings is 1. The summed E-state index contributed by atoms with van der Waals surface area (Å²) in [6.45, 7) is 1.86. The molecule has 0 radical (unpaired) electrons. The molecule has 1 N–H and O–H groups in total. The van der Waals surface area contributed by atoms with Gasteiger partial charge in [-0.25, -0.2) is 8.42 Å². The van der Waals surface area contributed by atoms with Crippen molar-refractivity contribution < 1.29 is 17.6 Å². The molecule has 32 heavy (non-hydrogen) atoms. The van der Waals surface area contributed by atoms with Crippen LogP contribution in [-0.2, 0) is 20.6 Å². The van der Waals surface area contributed by atoms with Gasteiger partial charge in [0.25, 0.3) is 10.0 Å². The van der Waals surface area contributed by atoms with Crippen LogP contribution >= 0.6 is 23.4 Å². The Kier molecular flexibility index (Phi) is 8.67. The Hall–Kier alpha value is -2.42. The second-order valence-electron chi connectivity index (χ2n) is 7.04. The summed E-state index contributed by atoms with van der Waals surface area (Å²) in [5.74, 6) is 2.16. The fraction of sp³-hybridized carbons (Fsp3) is 0.261. The molecule has 0 aliphatic heterocycles. The van der Waals surface area contributed by atoms with Crippen LogP contribution < -0.4 is 9.62 Å². The number of carbonyl (C=O) groups is 1. The number of carbonyl (C=O) groups excluding carboxylic acids is 1. The van der Waals surface area contributed by atoms with E-state index in [2.05, 4.69) is 5.32 Å². The van der Waals surface area contributed by atoms with E-state index in [-0.39, 0.29) is 17.3 Å². The standard InChI is InChI=1S/C23H25ClN2O4S2/c1-18-21(24)11-5-12-22(18)26(32(28,29)20-9-3-2-4-10-20)16-23(27)25-13-7-15-31-17-19-8-6-14-30-19/h2-6,8-12,14H,7,13,15-17H2,1H3,(H,25,27). The third kappa shape index (κ3) is 6.31. The molecule has 1 amide bonds. The molecule has 0 aliphatic carbocycles. The van der Waals surface area contributed by atoms with E-state index < -0.39 is 10.0 Å². The van der Waals surface area contributed by atoms with Crippen molar-refractivity contribution >= 4 is 45.0 Å². The first-order valence-electron chi connectivity index (χ1n) is 10.1. The van der Waals surface area contributed by atoms with Crippen LogP contribution in [0.5, 0.6) is 0 Å². The molecule has 0 atom stereocenters. The second kappa shape index (κ2) is 11.4. The predicted molar refractivity (Wildman–Crippen MR) is 130 cm³/mol. The van der Waals surface area contributed by atoms with Crippen LogP contribution in [0.1, 0.15) is 17.7 Å². The Bertz CT molecular complexity index is 1120. The van der Waals surface area contributed by atoms with Gasteiger partial charge in [-0.3, -0.25) is 9.10 Å². The lowest BCUT2D eigenvalue weighted by Crippen LogP contribution is -2.41. The topological polar surface area (TPSA) is 79.6 Å². The van der Waals surface area contributed by atoms with Crippen molar-refractivity contribution in [2.45, 2.75) is 24.0 Å². The van der Waals surface area contributed by atoms with Gasteiger partial charge in [0.2, 0.25) is 5.91 Å². The quantitative estimate of drug-likeness (QED) is 0.386. The fourth-order valence-corrected chi connectivity index (χ4v) is 5.57. The van der Waals surface area contributed by atoms with Gasteiger partial charge in [-0.1, -0.05) is 35.9 Å². The Labute approximate surface area is 198 Å². The van der Waals surface area contributed by atoms with Crippen molar-refractivity contribution in [2.75, 3.05) is 23.1 Å². The van der Waals surface area contributed by atoms with Crippen molar-refractivity contribution in [3.63, 3.8) is 0 Å². The third-order valence-corrected chi connectivity index (χ3v) is 7.99. The van der Waals surface area contributed by atoms with Crippen molar-refractivity contribution in [3.05, 3.63) is 83.3 Å². The summed E-state index contributed by atoms with van der Waals surface area (Å²) in [6.07, 6.45) is 2.41. The smallest absolute Gasteiger partial charge is 0.264 e. The zero-order chi connectivity index (χ0) is 23.0. The maximum Gasteiger partial charge on any atom is 0.264 e. The number of benzene rings is 2. The molecule has 2 aromatic carbocycles. The molecule has 1 aromatic heterocycles. The summed E-state index contributed by atoms with van der Waals surface area (Å²) < 4.78 is 33.1. The minimum Gasteiger partial charge on any atom is -0.468 e. The van der Waals surface area contributed by atoms with Crippen LogP contribution in [0, 0.1) is 6.92 Å². The lowest BCUT2D eigenvalue weighted by Gasteiger charge is -2.26. The molecule has 0 spiro atoms. The Morgan fingerprint density at radius 2 is 1.88 bits per heavy atom. The van der Waals surface area contributed by atoms with Crippen LogP contribution in [-0.4, -0.2) is 33.2 Å². The first-order chi connectivity index (χ1) is 15.4. The lowest BCUT2D eigenvalue weighted by atomic mass is 10.2. The normalized spacial score (nSPS) is 11.3. The number of nitrogens with zero attached hydrogens (tertiary/aromatic N) is 1. The molecule has 3 rings (SSSR count). The van der Waals surface area contributed by atoms with Gasteiger partial charge in [0.1, 0.15) is 12.3 Å². The molecule has 0 unspecified atom stereocenters. The fourth-order valence-electron chi connectivity index (χ4n) is 3.04. The van der Waals surface area contributed by atoms with E-state index in [1.54, 1.807) is 61.3 Å². The van der Waals surface area contributed by atoms with E-state index >= 15 is 0 Å². The van der Waals surface area contributed by atoms with Gasteiger partial charge in [0, 0.05) is 11.6 Å². The molecule has 1 heterocycles. The van der Waals surface area contributed by atoms with E-state index in [0.717, 1.165) is 28.0 Å². The third-order valence-electron chi connectivity index (χ3n) is 4.74. The summed E-state index contributed by atoms with van der Waals surface area (Å²) in [5.41, 5.74) is 0.973. The minimum absolute atomic E-state index is 0.113. The number of halogens is 1. The van der Waals surface area contributed by atoms with E-state index in [1.165, 1.54) is 12.1 Å². The van der Waals surface area contributed by atoms with Crippen LogP contribution in [0.2, 0.25) is 5.02 Å². The van der Waals surface area contributed by atoms with E-state index in [0.29, 0.717) is 22.8 Å². The Balaban J connectivity index is 1.65.